The van der Waals surface area contributed by atoms with Crippen LogP contribution in [0.4, 0.5) is 4.79 Å². The Balaban J connectivity index is 2.05. The highest BCUT2D eigenvalue weighted by atomic mass is 32.2. The zero-order valence-corrected chi connectivity index (χ0v) is 22.2. The van der Waals surface area contributed by atoms with Gasteiger partial charge in [0.05, 0.1) is 12.3 Å². The molecule has 0 spiro atoms. The summed E-state index contributed by atoms with van der Waals surface area (Å²) >= 11 is 0. The molecule has 0 saturated carbocycles. The first-order chi connectivity index (χ1) is 16.6. The molecule has 0 aromatic carbocycles. The van der Waals surface area contributed by atoms with E-state index in [0.717, 1.165) is 6.26 Å². The van der Waals surface area contributed by atoms with Crippen molar-refractivity contribution in [3.8, 4) is 0 Å². The van der Waals surface area contributed by atoms with E-state index < -0.39 is 61.7 Å². The van der Waals surface area contributed by atoms with Gasteiger partial charge in [0.15, 0.2) is 0 Å². The number of amides is 3. The van der Waals surface area contributed by atoms with Crippen LogP contribution in [0.15, 0.2) is 0 Å². The monoisotopic (exact) mass is 556 g/mol. The lowest BCUT2D eigenvalue weighted by Crippen LogP contribution is -2.55. The van der Waals surface area contributed by atoms with Crippen molar-refractivity contribution in [1.82, 2.24) is 20.3 Å². The van der Waals surface area contributed by atoms with Crippen LogP contribution in [0.1, 0.15) is 46.0 Å². The van der Waals surface area contributed by atoms with E-state index in [1.54, 1.807) is 13.8 Å². The summed E-state index contributed by atoms with van der Waals surface area (Å²) in [5.74, 6) is -1.94. The summed E-state index contributed by atoms with van der Waals surface area (Å²) in [7, 11) is -8.31. The Morgan fingerprint density at radius 1 is 1.14 bits per heavy atom. The van der Waals surface area contributed by atoms with Crippen LogP contribution in [0.25, 0.3) is 0 Å². The van der Waals surface area contributed by atoms with Gasteiger partial charge in [-0.1, -0.05) is 13.8 Å². The van der Waals surface area contributed by atoms with Crippen molar-refractivity contribution in [2.24, 2.45) is 11.8 Å². The van der Waals surface area contributed by atoms with E-state index in [9.17, 15) is 40.9 Å². The molecule has 2 heterocycles. The van der Waals surface area contributed by atoms with E-state index in [0.29, 0.717) is 13.0 Å². The molecule has 14 nitrogen and oxygen atoms in total. The highest BCUT2D eigenvalue weighted by molar-refractivity contribution is 7.88. The third-order valence-corrected chi connectivity index (χ3v) is 8.38. The Morgan fingerprint density at radius 2 is 1.75 bits per heavy atom. The molecule has 0 aromatic heterocycles. The number of nitrogens with zero attached hydrogens (tertiary/aromatic N) is 1. The maximum absolute atomic E-state index is 13.0. The van der Waals surface area contributed by atoms with Gasteiger partial charge in [-0.15, -0.1) is 0 Å². The number of hydrogen-bond acceptors (Lipinski definition) is 9. The first kappa shape index (κ1) is 30.2. The highest BCUT2D eigenvalue weighted by Crippen LogP contribution is 2.20. The van der Waals surface area contributed by atoms with Gasteiger partial charge in [-0.05, 0) is 38.0 Å². The number of aliphatic hydroxyl groups excluding tert-OH is 1. The molecule has 4 atom stereocenters. The number of alkyl carbamates (subject to hydrolysis) is 1. The Morgan fingerprint density at radius 3 is 2.22 bits per heavy atom. The minimum absolute atomic E-state index is 0.0791. The van der Waals surface area contributed by atoms with Crippen LogP contribution in [0.3, 0.4) is 0 Å². The standard InChI is InChI=1S/C20H36N4O10S2/c1-12(2)10-15(23-20(28)34-14-5-8-24(9-6-14)35(3,29)30)18(26)22-16(19(27)36(31,32)33)11-13-4-7-21-17(13)25/h12-16,19,27H,4-11H2,1-3H3,(H,21,25)(H,22,26)(H,23,28)(H,31,32,33)/t13-,15-,16-,19?/m0/s1. The second-order valence-corrected chi connectivity index (χ2v) is 13.1. The predicted octanol–water partition coefficient (Wildman–Crippen LogP) is -1.23. The molecule has 5 N–H and O–H groups in total. The zero-order chi connectivity index (χ0) is 27.3. The first-order valence-electron chi connectivity index (χ1n) is 11.7. The number of carbonyl (C=O) groups excluding carboxylic acids is 3. The largest absolute Gasteiger partial charge is 0.446 e. The fourth-order valence-electron chi connectivity index (χ4n) is 4.23. The van der Waals surface area contributed by atoms with Crippen LogP contribution in [-0.2, 0) is 34.5 Å². The molecule has 3 amide bonds. The van der Waals surface area contributed by atoms with E-state index in [2.05, 4.69) is 16.0 Å². The Bertz CT molecular complexity index is 1010. The van der Waals surface area contributed by atoms with Gasteiger partial charge in [-0.2, -0.15) is 8.42 Å². The second-order valence-electron chi connectivity index (χ2n) is 9.63. The van der Waals surface area contributed by atoms with E-state index in [1.807, 2.05) is 0 Å². The average Bonchev–Trinajstić information content (AvgIpc) is 3.15. The second kappa shape index (κ2) is 12.5. The summed E-state index contributed by atoms with van der Waals surface area (Å²) in [6, 6.07) is -2.67. The van der Waals surface area contributed by atoms with Crippen LogP contribution in [0.5, 0.6) is 0 Å². The highest BCUT2D eigenvalue weighted by Gasteiger charge is 2.38. The number of sulfonamides is 1. The molecule has 36 heavy (non-hydrogen) atoms. The van der Waals surface area contributed by atoms with Gasteiger partial charge in [-0.25, -0.2) is 17.5 Å². The molecular weight excluding hydrogens is 520 g/mol. The molecular formula is C20H36N4O10S2. The van der Waals surface area contributed by atoms with Gasteiger partial charge in [0.25, 0.3) is 10.1 Å². The fraction of sp³-hybridized carbons (Fsp3) is 0.850. The minimum Gasteiger partial charge on any atom is -0.446 e. The van der Waals surface area contributed by atoms with Crippen molar-refractivity contribution in [2.75, 3.05) is 25.9 Å². The van der Waals surface area contributed by atoms with Gasteiger partial charge in [-0.3, -0.25) is 14.1 Å². The molecule has 1 unspecified atom stereocenters. The third-order valence-electron chi connectivity index (χ3n) is 6.14. The van der Waals surface area contributed by atoms with Gasteiger partial charge in [0.1, 0.15) is 12.1 Å². The number of ether oxygens (including phenoxy) is 1. The first-order valence-corrected chi connectivity index (χ1v) is 15.1. The van der Waals surface area contributed by atoms with E-state index in [4.69, 9.17) is 4.74 Å². The van der Waals surface area contributed by atoms with Crippen LogP contribution >= 0.6 is 0 Å². The van der Waals surface area contributed by atoms with Crippen LogP contribution < -0.4 is 16.0 Å². The van der Waals surface area contributed by atoms with E-state index in [1.165, 1.54) is 4.31 Å². The quantitative estimate of drug-likeness (QED) is 0.191. The van der Waals surface area contributed by atoms with Crippen molar-refractivity contribution < 1.29 is 45.6 Å². The van der Waals surface area contributed by atoms with Crippen molar-refractivity contribution >= 4 is 38.0 Å². The summed E-state index contributed by atoms with van der Waals surface area (Å²) in [5.41, 5.74) is -2.37. The molecule has 2 saturated heterocycles. The van der Waals surface area contributed by atoms with E-state index in [-0.39, 0.29) is 50.6 Å². The smallest absolute Gasteiger partial charge is 0.408 e. The lowest BCUT2D eigenvalue weighted by Gasteiger charge is -2.31. The van der Waals surface area contributed by atoms with Crippen molar-refractivity contribution in [3.05, 3.63) is 0 Å². The molecule has 208 valence electrons. The minimum atomic E-state index is -4.96. The van der Waals surface area contributed by atoms with Crippen molar-refractivity contribution in [2.45, 2.75) is 69.6 Å². The summed E-state index contributed by atoms with van der Waals surface area (Å²) in [6.45, 7) is 4.33. The number of hydrogen-bond donors (Lipinski definition) is 5. The lowest BCUT2D eigenvalue weighted by atomic mass is 9.97. The third kappa shape index (κ3) is 9.14. The maximum Gasteiger partial charge on any atom is 0.408 e. The molecule has 0 aliphatic carbocycles. The summed E-state index contributed by atoms with van der Waals surface area (Å²) < 4.78 is 62.4. The molecule has 2 aliphatic rings. The normalized spacial score (nSPS) is 22.5. The number of rotatable bonds is 11. The lowest BCUT2D eigenvalue weighted by molar-refractivity contribution is -0.126. The van der Waals surface area contributed by atoms with Crippen LogP contribution in [0.2, 0.25) is 0 Å². The molecule has 0 bridgehead atoms. The molecule has 2 aliphatic heterocycles. The van der Waals surface area contributed by atoms with Crippen molar-refractivity contribution in [3.63, 3.8) is 0 Å². The van der Waals surface area contributed by atoms with Gasteiger partial charge in [0, 0.05) is 25.6 Å². The predicted molar refractivity (Wildman–Crippen MR) is 128 cm³/mol. The van der Waals surface area contributed by atoms with Gasteiger partial charge in [0.2, 0.25) is 27.3 Å². The number of piperidine rings is 1. The van der Waals surface area contributed by atoms with Gasteiger partial charge >= 0.3 is 6.09 Å². The SMILES string of the molecule is CC(C)C[C@H](NC(=O)OC1CCN(S(C)(=O)=O)CC1)C(=O)N[C@@H](C[C@@H]1CCNC1=O)C(O)S(=O)(=O)O. The fourth-order valence-corrected chi connectivity index (χ4v) is 5.69. The molecule has 16 heteroatoms. The molecule has 0 aromatic rings. The van der Waals surface area contributed by atoms with Gasteiger partial charge < -0.3 is 25.8 Å². The van der Waals surface area contributed by atoms with Crippen LogP contribution in [0, 0.1) is 11.8 Å². The zero-order valence-electron chi connectivity index (χ0n) is 20.5. The van der Waals surface area contributed by atoms with E-state index >= 15 is 0 Å². The Hall–Kier alpha value is -2.01. The summed E-state index contributed by atoms with van der Waals surface area (Å²) in [4.78, 5) is 37.4. The Labute approximate surface area is 211 Å². The number of aliphatic hydroxyl groups is 1. The number of nitrogens with one attached hydrogen (secondary N) is 3. The Kier molecular flexibility index (Phi) is 10.5. The molecule has 2 fully saturated rings. The number of carbonyl (C=O) groups is 3. The molecule has 2 rings (SSSR count). The average molecular weight is 557 g/mol. The topological polar surface area (TPSA) is 209 Å². The summed E-state index contributed by atoms with van der Waals surface area (Å²) in [5, 5.41) is 17.5. The summed E-state index contributed by atoms with van der Waals surface area (Å²) in [6.07, 6.45) is 0.475. The van der Waals surface area contributed by atoms with Crippen molar-refractivity contribution in [1.29, 1.82) is 0 Å². The molecule has 0 radical (unpaired) electrons. The maximum atomic E-state index is 13.0. The van der Waals surface area contributed by atoms with Crippen LogP contribution in [-0.4, -0.2) is 98.2 Å².